The highest BCUT2D eigenvalue weighted by Gasteiger charge is 2.37. The van der Waals surface area contributed by atoms with Gasteiger partial charge in [0.1, 0.15) is 5.75 Å². The van der Waals surface area contributed by atoms with Crippen LogP contribution in [-0.2, 0) is 4.79 Å². The zero-order valence-electron chi connectivity index (χ0n) is 18.7. The number of hydrogen-bond donors (Lipinski definition) is 0. The highest BCUT2D eigenvalue weighted by atomic mass is 32.2. The summed E-state index contributed by atoms with van der Waals surface area (Å²) >= 11 is 1.45. The number of hydrogen-bond acceptors (Lipinski definition) is 5. The molecule has 1 amide bonds. The van der Waals surface area contributed by atoms with Crippen molar-refractivity contribution in [3.8, 4) is 5.75 Å². The molecule has 3 rings (SSSR count). The molecule has 0 aliphatic carbocycles. The normalized spacial score (nSPS) is 23.8. The maximum atomic E-state index is 12.9. The van der Waals surface area contributed by atoms with Crippen LogP contribution in [0.5, 0.6) is 5.75 Å². The fraction of sp³-hybridized carbons (Fsp3) is 0.565. The number of likely N-dealkylation sites (N-methyl/N-ethyl adjacent to an activating group) is 1. The Hall–Kier alpha value is -1.95. The summed E-state index contributed by atoms with van der Waals surface area (Å²) in [6.07, 6.45) is 3.07. The third kappa shape index (κ3) is 3.91. The second kappa shape index (κ2) is 8.42. The number of carbonyl (C=O) groups excluding carboxylic acids is 1. The van der Waals surface area contributed by atoms with E-state index >= 15 is 0 Å². The number of nitrogens with zero attached hydrogens (tertiary/aromatic N) is 3. The molecule has 1 saturated heterocycles. The Morgan fingerprint density at radius 1 is 1.28 bits per heavy atom. The number of ether oxygens (including phenoxy) is 1. The summed E-state index contributed by atoms with van der Waals surface area (Å²) in [7, 11) is 1.70. The summed E-state index contributed by atoms with van der Waals surface area (Å²) in [5.74, 6) is 1.27. The number of thioether (sulfide) groups is 1. The smallest absolute Gasteiger partial charge is 0.266 e. The second-order valence-electron chi connectivity index (χ2n) is 8.23. The van der Waals surface area contributed by atoms with Gasteiger partial charge in [-0.2, -0.15) is 0 Å². The molecular weight excluding hydrogens is 382 g/mol. The van der Waals surface area contributed by atoms with E-state index in [0.717, 1.165) is 29.4 Å². The Bertz CT molecular complexity index is 860. The zero-order valence-corrected chi connectivity index (χ0v) is 19.5. The van der Waals surface area contributed by atoms with Crippen LogP contribution in [0.4, 0.5) is 5.69 Å². The van der Waals surface area contributed by atoms with E-state index in [9.17, 15) is 4.79 Å². The Balaban J connectivity index is 2.08. The van der Waals surface area contributed by atoms with Crippen LogP contribution < -0.4 is 9.64 Å². The molecule has 5 nitrogen and oxygen atoms in total. The van der Waals surface area contributed by atoms with Crippen LogP contribution in [0.15, 0.2) is 22.0 Å². The number of anilines is 1. The fourth-order valence-corrected chi connectivity index (χ4v) is 5.69. The van der Waals surface area contributed by atoms with Crippen LogP contribution in [-0.4, -0.2) is 48.3 Å². The predicted molar refractivity (Wildman–Crippen MR) is 124 cm³/mol. The monoisotopic (exact) mass is 415 g/mol. The number of methoxy groups -OCH3 is 1. The third-order valence-corrected chi connectivity index (χ3v) is 6.88. The lowest BCUT2D eigenvalue weighted by molar-refractivity contribution is -0.122. The van der Waals surface area contributed by atoms with Gasteiger partial charge >= 0.3 is 0 Å². The second-order valence-corrected chi connectivity index (χ2v) is 9.24. The number of aliphatic imine (C=N–C) groups is 1. The quantitative estimate of drug-likeness (QED) is 0.626. The Morgan fingerprint density at radius 3 is 2.59 bits per heavy atom. The van der Waals surface area contributed by atoms with Crippen LogP contribution >= 0.6 is 11.8 Å². The Labute approximate surface area is 179 Å². The summed E-state index contributed by atoms with van der Waals surface area (Å²) in [6, 6.07) is 4.36. The van der Waals surface area contributed by atoms with Gasteiger partial charge in [-0.05, 0) is 76.4 Å². The van der Waals surface area contributed by atoms with Crippen molar-refractivity contribution >= 4 is 34.6 Å². The molecule has 1 unspecified atom stereocenters. The minimum absolute atomic E-state index is 0.0221. The lowest BCUT2D eigenvalue weighted by Gasteiger charge is -2.47. The minimum Gasteiger partial charge on any atom is -0.496 e. The molecule has 6 heteroatoms. The first-order chi connectivity index (χ1) is 13.8. The molecule has 0 bridgehead atoms. The molecule has 0 N–H and O–H groups in total. The van der Waals surface area contributed by atoms with E-state index in [1.807, 2.05) is 19.9 Å². The van der Waals surface area contributed by atoms with E-state index in [1.165, 1.54) is 23.0 Å². The molecule has 2 aliphatic heterocycles. The molecule has 158 valence electrons. The molecule has 0 radical (unpaired) electrons. The van der Waals surface area contributed by atoms with Gasteiger partial charge in [0.05, 0.1) is 12.0 Å². The number of amides is 1. The zero-order chi connectivity index (χ0) is 21.3. The highest BCUT2D eigenvalue weighted by Crippen LogP contribution is 2.46. The first kappa shape index (κ1) is 21.8. The lowest BCUT2D eigenvalue weighted by atomic mass is 9.79. The highest BCUT2D eigenvalue weighted by molar-refractivity contribution is 8.18. The number of fused-ring (bicyclic) bond motifs is 1. The molecule has 29 heavy (non-hydrogen) atoms. The topological polar surface area (TPSA) is 45.1 Å². The van der Waals surface area contributed by atoms with Crippen molar-refractivity contribution in [2.75, 3.05) is 31.6 Å². The SMILES string of the molecule is CCN=C1S/C(=C/c2cc3c(cc2OC)N(CC)C(C)(C)CC3C)C(=O)N1CC. The van der Waals surface area contributed by atoms with Crippen molar-refractivity contribution in [1.82, 2.24) is 4.90 Å². The van der Waals surface area contributed by atoms with Gasteiger partial charge in [-0.3, -0.25) is 14.7 Å². The van der Waals surface area contributed by atoms with E-state index in [2.05, 4.69) is 49.7 Å². The third-order valence-electron chi connectivity index (χ3n) is 5.84. The molecule has 1 aromatic carbocycles. The van der Waals surface area contributed by atoms with Crippen molar-refractivity contribution < 1.29 is 9.53 Å². The van der Waals surface area contributed by atoms with E-state index in [0.29, 0.717) is 23.9 Å². The minimum atomic E-state index is 0.0221. The predicted octanol–water partition coefficient (Wildman–Crippen LogP) is 5.12. The Kier molecular flexibility index (Phi) is 6.32. The van der Waals surface area contributed by atoms with Gasteiger partial charge in [0, 0.05) is 42.5 Å². The fourth-order valence-electron chi connectivity index (χ4n) is 4.60. The summed E-state index contributed by atoms with van der Waals surface area (Å²) in [5, 5.41) is 0.787. The lowest BCUT2D eigenvalue weighted by Crippen LogP contribution is -2.48. The average Bonchev–Trinajstić information content (AvgIpc) is 2.96. The maximum absolute atomic E-state index is 12.9. The number of carbonyl (C=O) groups is 1. The molecule has 0 spiro atoms. The summed E-state index contributed by atoms with van der Waals surface area (Å²) in [6.45, 7) is 15.3. The van der Waals surface area contributed by atoms with Gasteiger partial charge in [0.15, 0.2) is 5.17 Å². The van der Waals surface area contributed by atoms with E-state index in [-0.39, 0.29) is 11.4 Å². The van der Waals surface area contributed by atoms with Crippen molar-refractivity contribution in [3.63, 3.8) is 0 Å². The van der Waals surface area contributed by atoms with Gasteiger partial charge in [0.25, 0.3) is 5.91 Å². The molecule has 2 aliphatic rings. The standard InChI is InChI=1S/C23H33N3O2S/c1-8-24-22-25(9-2)21(27)20(29-22)12-16-11-17-15(4)14-23(5,6)26(10-3)18(17)13-19(16)28-7/h11-13,15H,8-10,14H2,1-7H3/b20-12+,24-22?. The average molecular weight is 416 g/mol. The van der Waals surface area contributed by atoms with Crippen LogP contribution in [0.3, 0.4) is 0 Å². The van der Waals surface area contributed by atoms with Crippen LogP contribution in [0.1, 0.15) is 65.0 Å². The van der Waals surface area contributed by atoms with Gasteiger partial charge in [-0.25, -0.2) is 0 Å². The summed E-state index contributed by atoms with van der Waals surface area (Å²) in [4.78, 5) is 22.3. The molecular formula is C23H33N3O2S. The molecule has 2 heterocycles. The molecule has 1 aromatic rings. The summed E-state index contributed by atoms with van der Waals surface area (Å²) < 4.78 is 5.75. The van der Waals surface area contributed by atoms with Gasteiger partial charge in [0.2, 0.25) is 0 Å². The van der Waals surface area contributed by atoms with Gasteiger partial charge in [-0.15, -0.1) is 0 Å². The molecule has 0 aromatic heterocycles. The van der Waals surface area contributed by atoms with Gasteiger partial charge < -0.3 is 9.64 Å². The molecule has 0 saturated carbocycles. The van der Waals surface area contributed by atoms with Crippen molar-refractivity contribution in [2.45, 2.75) is 59.4 Å². The largest absolute Gasteiger partial charge is 0.496 e. The van der Waals surface area contributed by atoms with E-state index in [1.54, 1.807) is 12.0 Å². The summed E-state index contributed by atoms with van der Waals surface area (Å²) in [5.41, 5.74) is 3.63. The maximum Gasteiger partial charge on any atom is 0.266 e. The number of rotatable bonds is 5. The van der Waals surface area contributed by atoms with Crippen LogP contribution in [0.2, 0.25) is 0 Å². The van der Waals surface area contributed by atoms with Gasteiger partial charge in [-0.1, -0.05) is 6.92 Å². The molecule has 1 atom stereocenters. The van der Waals surface area contributed by atoms with E-state index < -0.39 is 0 Å². The van der Waals surface area contributed by atoms with Crippen LogP contribution in [0.25, 0.3) is 6.08 Å². The number of benzene rings is 1. The number of amidine groups is 1. The molecule has 1 fully saturated rings. The van der Waals surface area contributed by atoms with Crippen molar-refractivity contribution in [2.24, 2.45) is 4.99 Å². The van der Waals surface area contributed by atoms with Crippen molar-refractivity contribution in [3.05, 3.63) is 28.2 Å². The van der Waals surface area contributed by atoms with Crippen LogP contribution in [0, 0.1) is 0 Å². The first-order valence-electron chi connectivity index (χ1n) is 10.5. The first-order valence-corrected chi connectivity index (χ1v) is 11.3. The van der Waals surface area contributed by atoms with E-state index in [4.69, 9.17) is 4.74 Å². The Morgan fingerprint density at radius 2 is 2.00 bits per heavy atom. The van der Waals surface area contributed by atoms with Crippen molar-refractivity contribution in [1.29, 1.82) is 0 Å².